The van der Waals surface area contributed by atoms with Crippen molar-refractivity contribution in [2.75, 3.05) is 58.9 Å². The summed E-state index contributed by atoms with van der Waals surface area (Å²) in [5.41, 5.74) is 5.47. The fourth-order valence-corrected chi connectivity index (χ4v) is 7.09. The second kappa shape index (κ2) is 41.9. The molecule has 0 unspecified atom stereocenters. The van der Waals surface area contributed by atoms with Gasteiger partial charge in [-0.2, -0.15) is 0 Å². The monoisotopic (exact) mass is 1340 g/mol. The minimum atomic E-state index is -1.84. The molecule has 0 spiro atoms. The van der Waals surface area contributed by atoms with Gasteiger partial charge < -0.3 is 137 Å². The smallest absolute Gasteiger partial charge is 0.322 e. The van der Waals surface area contributed by atoms with Gasteiger partial charge in [0.1, 0.15) is 54.9 Å². The Kier molecular flexibility index (Phi) is 37.7. The van der Waals surface area contributed by atoms with E-state index < -0.39 is 257 Å². The third kappa shape index (κ3) is 33.0. The van der Waals surface area contributed by atoms with E-state index in [4.69, 9.17) is 10.8 Å². The Morgan fingerprint density at radius 2 is 0.387 bits per heavy atom. The lowest BCUT2D eigenvalue weighted by Gasteiger charge is -2.24. The summed E-state index contributed by atoms with van der Waals surface area (Å²) in [6.45, 7) is 0.789. The topological polar surface area (TPSA) is 691 Å². The van der Waals surface area contributed by atoms with Crippen molar-refractivity contribution in [3.8, 4) is 0 Å². The molecule has 0 rings (SSSR count). The third-order valence-corrected chi connectivity index (χ3v) is 12.2. The number of carbonyl (C=O) groups is 17. The van der Waals surface area contributed by atoms with Gasteiger partial charge in [0.05, 0.1) is 101 Å². The Morgan fingerprint density at radius 3 is 0.527 bits per heavy atom. The zero-order valence-corrected chi connectivity index (χ0v) is 51.6. The van der Waals surface area contributed by atoms with Gasteiger partial charge in [-0.1, -0.05) is 0 Å². The molecule has 16 atom stereocenters. The van der Waals surface area contributed by atoms with Crippen LogP contribution >= 0.6 is 0 Å². The summed E-state index contributed by atoms with van der Waals surface area (Å²) in [6, 6.07) is -13.8. The fraction of sp³-hybridized carbons (Fsp3) is 0.660. The van der Waals surface area contributed by atoms with E-state index in [1.165, 1.54) is 6.92 Å². The molecule has 0 heterocycles. The lowest BCUT2D eigenvalue weighted by molar-refractivity contribution is -0.138. The highest BCUT2D eigenvalue weighted by molar-refractivity contribution is 5.99. The molecule has 0 radical (unpaired) electrons. The largest absolute Gasteiger partial charge is 0.480 e. The molecular formula is C50H85N17O26. The van der Waals surface area contributed by atoms with Crippen molar-refractivity contribution >= 4 is 100 Å². The maximum Gasteiger partial charge on any atom is 0.322 e. The van der Waals surface area contributed by atoms with Crippen LogP contribution < -0.4 is 90.8 Å². The van der Waals surface area contributed by atoms with Gasteiger partial charge in [0.15, 0.2) is 0 Å². The van der Waals surface area contributed by atoms with Crippen molar-refractivity contribution in [2.45, 2.75) is 153 Å². The number of carboxylic acids is 1. The Labute approximate surface area is 529 Å². The van der Waals surface area contributed by atoms with Crippen LogP contribution in [-0.4, -0.2) is 303 Å². The molecule has 0 aliphatic rings. The highest BCUT2D eigenvalue weighted by Crippen LogP contribution is 2.01. The lowest BCUT2D eigenvalue weighted by Crippen LogP contribution is -2.59. The number of carbonyl (C=O) groups excluding carboxylic acids is 16. The maximum absolute atomic E-state index is 13.0. The van der Waals surface area contributed by atoms with Gasteiger partial charge in [-0.25, -0.2) is 0 Å². The number of aliphatic hydroxyl groups excluding tert-OH is 8. The van der Waals surface area contributed by atoms with Crippen LogP contribution in [0.1, 0.15) is 55.4 Å². The Morgan fingerprint density at radius 1 is 0.237 bits per heavy atom. The zero-order chi connectivity index (χ0) is 71.7. The van der Waals surface area contributed by atoms with Crippen LogP contribution in [0, 0.1) is 0 Å². The quantitative estimate of drug-likeness (QED) is 0.0270. The predicted molar refractivity (Wildman–Crippen MR) is 310 cm³/mol. The van der Waals surface area contributed by atoms with Crippen LogP contribution in [0.15, 0.2) is 0 Å². The van der Waals surface area contributed by atoms with E-state index in [1.54, 1.807) is 0 Å². The third-order valence-electron chi connectivity index (χ3n) is 12.2. The molecule has 0 aromatic heterocycles. The van der Waals surface area contributed by atoms with Gasteiger partial charge in [0, 0.05) is 0 Å². The van der Waals surface area contributed by atoms with Crippen LogP contribution in [0.3, 0.4) is 0 Å². The molecule has 43 nitrogen and oxygen atoms in total. The molecule has 0 aromatic carbocycles. The van der Waals surface area contributed by atoms with Crippen LogP contribution in [-0.2, 0) is 81.5 Å². The number of rotatable bonds is 41. The van der Waals surface area contributed by atoms with E-state index in [0.29, 0.717) is 0 Å². The van der Waals surface area contributed by atoms with Crippen LogP contribution in [0.4, 0.5) is 0 Å². The summed E-state index contributed by atoms with van der Waals surface area (Å²) in [5.74, 6) is -19.1. The van der Waals surface area contributed by atoms with E-state index in [0.717, 1.165) is 48.5 Å². The minimum Gasteiger partial charge on any atom is -0.480 e. The van der Waals surface area contributed by atoms with Gasteiger partial charge in [-0.05, 0) is 55.4 Å². The van der Waals surface area contributed by atoms with Gasteiger partial charge >= 0.3 is 5.97 Å². The van der Waals surface area contributed by atoms with Gasteiger partial charge in [-0.3, -0.25) is 81.5 Å². The molecule has 0 aliphatic carbocycles. The molecule has 0 bridgehead atoms. The highest BCUT2D eigenvalue weighted by Gasteiger charge is 2.34. The van der Waals surface area contributed by atoms with Gasteiger partial charge in [0.2, 0.25) is 94.5 Å². The average molecular weight is 1340 g/mol. The second-order valence-electron chi connectivity index (χ2n) is 20.7. The van der Waals surface area contributed by atoms with Crippen molar-refractivity contribution < 1.29 is 127 Å². The second-order valence-corrected chi connectivity index (χ2v) is 20.7. The summed E-state index contributed by atoms with van der Waals surface area (Å²) in [6.07, 6.45) is -12.7. The Bertz CT molecular complexity index is 2660. The SMILES string of the molecule is C[C@@H](O)[C@H](N)C(=O)NCC(=O)N[C@H](C(=O)NCC(=O)N[C@H](C(=O)NCC(=O)N[C@H](C(=O)NCC(=O)N[C@H](C(=O)NCC(=O)N[C@H](C(=O)NCC(=O)N[C@H](C(=O)NCC(=O)N[C@H](C(=O)NCC(=O)NCC(=O)O)[C@@H](C)O)[C@@H](C)O)[C@@H](C)O)[C@@H](C)O)[C@@H](C)O)[C@@H](C)O)[C@@H](C)O. The number of nitrogens with one attached hydrogen (secondary N) is 16. The number of aliphatic hydroxyl groups is 8. The molecular weight excluding hydrogens is 1250 g/mol. The van der Waals surface area contributed by atoms with E-state index in [-0.39, 0.29) is 0 Å². The Balaban J connectivity index is 5.35. The lowest BCUT2D eigenvalue weighted by atomic mass is 10.1. The number of aliphatic carboxylic acids is 1. The summed E-state index contributed by atoms with van der Waals surface area (Å²) < 4.78 is 0. The van der Waals surface area contributed by atoms with Gasteiger partial charge in [0.25, 0.3) is 0 Å². The highest BCUT2D eigenvalue weighted by atomic mass is 16.4. The average Bonchev–Trinajstić information content (AvgIpc) is 1.78. The summed E-state index contributed by atoms with van der Waals surface area (Å²) in [4.78, 5) is 213. The minimum absolute atomic E-state index is 0.722. The number of hydrogen-bond acceptors (Lipinski definition) is 26. The molecule has 0 fully saturated rings. The zero-order valence-electron chi connectivity index (χ0n) is 51.6. The van der Waals surface area contributed by atoms with Crippen molar-refractivity contribution in [2.24, 2.45) is 5.73 Å². The Hall–Kier alpha value is -9.37. The molecule has 0 saturated heterocycles. The molecule has 0 saturated carbocycles. The van der Waals surface area contributed by atoms with E-state index in [1.807, 2.05) is 5.32 Å². The first-order valence-corrected chi connectivity index (χ1v) is 28.1. The predicted octanol–water partition coefficient (Wildman–Crippen LogP) is -17.1. The number of nitrogens with two attached hydrogens (primary N) is 1. The molecule has 43 heteroatoms. The number of hydrogen-bond donors (Lipinski definition) is 26. The van der Waals surface area contributed by atoms with Gasteiger partial charge in [-0.15, -0.1) is 0 Å². The van der Waals surface area contributed by atoms with Crippen molar-refractivity contribution in [3.05, 3.63) is 0 Å². The molecule has 16 amide bonds. The summed E-state index contributed by atoms with van der Waals surface area (Å²) in [7, 11) is 0. The van der Waals surface area contributed by atoms with Crippen molar-refractivity contribution in [1.29, 1.82) is 0 Å². The number of amides is 16. The van der Waals surface area contributed by atoms with Crippen LogP contribution in [0.2, 0.25) is 0 Å². The molecule has 93 heavy (non-hydrogen) atoms. The normalized spacial score (nSPS) is 16.1. The van der Waals surface area contributed by atoms with Crippen LogP contribution in [0.25, 0.3) is 0 Å². The first-order chi connectivity index (χ1) is 43.1. The molecule has 27 N–H and O–H groups in total. The van der Waals surface area contributed by atoms with Crippen LogP contribution in [0.5, 0.6) is 0 Å². The fourth-order valence-electron chi connectivity index (χ4n) is 7.09. The van der Waals surface area contributed by atoms with Crippen molar-refractivity contribution in [3.63, 3.8) is 0 Å². The standard InChI is InChI=1S/C50H85N17O26/c1-18(68)35(51)43(86)53-10-27(77)61-37(20(3)70)45(88)55-12-29(79)63-39(22(5)72)47(90)57-14-31(81)65-41(24(7)74)49(92)59-16-33(83)67-42(25(8)75)50(93)60-15-32(82)66-40(23(6)73)48(91)58-13-30(80)64-38(21(4)71)46(89)56-11-28(78)62-36(19(2)69)44(87)54-9-26(76)52-17-34(84)85/h18-25,35-42,68-75H,9-17,51H2,1-8H3,(H,52,76)(H,53,86)(H,54,87)(H,55,88)(H,56,89)(H,57,90)(H,58,91)(H,59,92)(H,60,93)(H,61,77)(H,62,78)(H,63,79)(H,64,80)(H,65,81)(H,66,82)(H,67,83)(H,84,85)/t18-,19-,20-,21-,22-,23-,24-,25-,35+,36+,37+,38+,39+,40+,41+,42+/m1/s1. The number of carboxylic acid groups (broad SMARTS) is 1. The maximum atomic E-state index is 13.0. The summed E-state index contributed by atoms with van der Waals surface area (Å²) in [5, 5.41) is 123. The van der Waals surface area contributed by atoms with E-state index in [2.05, 4.69) is 79.8 Å². The van der Waals surface area contributed by atoms with Crippen molar-refractivity contribution in [1.82, 2.24) is 85.1 Å². The molecule has 0 aliphatic heterocycles. The van der Waals surface area contributed by atoms with E-state index in [9.17, 15) is 122 Å². The molecule has 0 aromatic rings. The first-order valence-electron chi connectivity index (χ1n) is 28.1. The first kappa shape index (κ1) is 83.6. The van der Waals surface area contributed by atoms with E-state index >= 15 is 0 Å². The summed E-state index contributed by atoms with van der Waals surface area (Å²) >= 11 is 0. The molecule has 526 valence electrons.